The van der Waals surface area contributed by atoms with E-state index in [1.165, 1.54) is 0 Å². The van der Waals surface area contributed by atoms with Gasteiger partial charge in [0.1, 0.15) is 0 Å². The molecular formula is C15H21N3O2S. The third-order valence-electron chi connectivity index (χ3n) is 3.54. The number of piperazine rings is 1. The molecule has 0 radical (unpaired) electrons. The molecule has 5 nitrogen and oxygen atoms in total. The summed E-state index contributed by atoms with van der Waals surface area (Å²) in [6.07, 6.45) is 2.01. The van der Waals surface area contributed by atoms with E-state index in [0.29, 0.717) is 19.6 Å². The number of hydrogen-bond donors (Lipinski definition) is 1. The van der Waals surface area contributed by atoms with Gasteiger partial charge in [-0.15, -0.1) is 11.8 Å². The van der Waals surface area contributed by atoms with Crippen LogP contribution in [-0.2, 0) is 9.59 Å². The quantitative estimate of drug-likeness (QED) is 0.857. The molecule has 2 amide bonds. The van der Waals surface area contributed by atoms with Gasteiger partial charge in [0.05, 0.1) is 6.54 Å². The lowest BCUT2D eigenvalue weighted by molar-refractivity contribution is -0.130. The normalized spacial score (nSPS) is 15.8. The Bertz CT molecular complexity index is 513. The van der Waals surface area contributed by atoms with E-state index in [1.807, 2.05) is 35.4 Å². The van der Waals surface area contributed by atoms with Crippen molar-refractivity contribution in [1.82, 2.24) is 9.80 Å². The van der Waals surface area contributed by atoms with E-state index in [2.05, 4.69) is 10.2 Å². The van der Waals surface area contributed by atoms with Crippen molar-refractivity contribution in [2.45, 2.75) is 11.8 Å². The SMILES string of the molecule is CSc1cccc(NC(=O)CN2CCN(C(C)=O)CC2)c1. The van der Waals surface area contributed by atoms with Crippen LogP contribution in [0.1, 0.15) is 6.92 Å². The first kappa shape index (κ1) is 15.9. The number of rotatable bonds is 4. The fourth-order valence-corrected chi connectivity index (χ4v) is 2.78. The van der Waals surface area contributed by atoms with Crippen LogP contribution < -0.4 is 5.32 Å². The molecule has 1 aliphatic heterocycles. The van der Waals surface area contributed by atoms with Crippen LogP contribution in [0.25, 0.3) is 0 Å². The van der Waals surface area contributed by atoms with Gasteiger partial charge in [0.2, 0.25) is 11.8 Å². The summed E-state index contributed by atoms with van der Waals surface area (Å²) in [5.74, 6) is 0.0949. The lowest BCUT2D eigenvalue weighted by atomic mass is 10.3. The molecule has 0 aliphatic carbocycles. The third kappa shape index (κ3) is 4.75. The van der Waals surface area contributed by atoms with Crippen LogP contribution in [0, 0.1) is 0 Å². The first-order valence-electron chi connectivity index (χ1n) is 7.00. The Morgan fingerprint density at radius 3 is 2.57 bits per heavy atom. The van der Waals surface area contributed by atoms with Gasteiger partial charge in [-0.05, 0) is 24.5 Å². The Morgan fingerprint density at radius 2 is 1.95 bits per heavy atom. The summed E-state index contributed by atoms with van der Waals surface area (Å²) in [5.41, 5.74) is 0.828. The Balaban J connectivity index is 1.81. The van der Waals surface area contributed by atoms with Crippen molar-refractivity contribution in [2.75, 3.05) is 44.3 Å². The average Bonchev–Trinajstić information content (AvgIpc) is 2.47. The van der Waals surface area contributed by atoms with Crippen LogP contribution in [0.2, 0.25) is 0 Å². The van der Waals surface area contributed by atoms with E-state index >= 15 is 0 Å². The molecule has 0 saturated carbocycles. The summed E-state index contributed by atoms with van der Waals surface area (Å²) in [4.78, 5) is 28.3. The second-order valence-electron chi connectivity index (χ2n) is 5.06. The summed E-state index contributed by atoms with van der Waals surface area (Å²) < 4.78 is 0. The Labute approximate surface area is 129 Å². The first-order chi connectivity index (χ1) is 10.1. The minimum atomic E-state index is -0.00970. The van der Waals surface area contributed by atoms with Crippen molar-refractivity contribution >= 4 is 29.3 Å². The van der Waals surface area contributed by atoms with Gasteiger partial charge < -0.3 is 10.2 Å². The van der Waals surface area contributed by atoms with E-state index in [0.717, 1.165) is 23.7 Å². The Kier molecular flexibility index (Phi) is 5.64. The molecule has 0 spiro atoms. The van der Waals surface area contributed by atoms with E-state index in [4.69, 9.17) is 0 Å². The highest BCUT2D eigenvalue weighted by Gasteiger charge is 2.20. The molecule has 1 aliphatic rings. The van der Waals surface area contributed by atoms with Crippen molar-refractivity contribution in [3.63, 3.8) is 0 Å². The molecule has 0 atom stereocenters. The molecule has 0 unspecified atom stereocenters. The minimum absolute atomic E-state index is 0.00970. The third-order valence-corrected chi connectivity index (χ3v) is 4.26. The second kappa shape index (κ2) is 7.47. The van der Waals surface area contributed by atoms with Crippen LogP contribution in [0.5, 0.6) is 0 Å². The molecule has 6 heteroatoms. The van der Waals surface area contributed by atoms with Crippen LogP contribution in [0.4, 0.5) is 5.69 Å². The van der Waals surface area contributed by atoms with Crippen LogP contribution in [0.15, 0.2) is 29.2 Å². The summed E-state index contributed by atoms with van der Waals surface area (Å²) in [7, 11) is 0. The minimum Gasteiger partial charge on any atom is -0.340 e. The Hall–Kier alpha value is -1.53. The predicted molar refractivity (Wildman–Crippen MR) is 85.5 cm³/mol. The van der Waals surface area contributed by atoms with Gasteiger partial charge in [0.25, 0.3) is 0 Å². The van der Waals surface area contributed by atoms with Crippen molar-refractivity contribution in [3.8, 4) is 0 Å². The molecule has 1 heterocycles. The van der Waals surface area contributed by atoms with Crippen molar-refractivity contribution in [3.05, 3.63) is 24.3 Å². The van der Waals surface area contributed by atoms with Crippen LogP contribution in [-0.4, -0.2) is 60.6 Å². The Morgan fingerprint density at radius 1 is 1.24 bits per heavy atom. The standard InChI is InChI=1S/C15H21N3O2S/c1-12(19)18-8-6-17(7-9-18)11-15(20)16-13-4-3-5-14(10-13)21-2/h3-5,10H,6-9,11H2,1-2H3,(H,16,20). The molecule has 114 valence electrons. The first-order valence-corrected chi connectivity index (χ1v) is 8.23. The molecule has 0 aromatic heterocycles. The molecule has 1 N–H and O–H groups in total. The van der Waals surface area contributed by atoms with Gasteiger partial charge in [0.15, 0.2) is 0 Å². The monoisotopic (exact) mass is 307 g/mol. The molecule has 1 saturated heterocycles. The largest absolute Gasteiger partial charge is 0.340 e. The number of carbonyl (C=O) groups is 2. The number of amides is 2. The lowest BCUT2D eigenvalue weighted by Gasteiger charge is -2.33. The number of nitrogens with zero attached hydrogens (tertiary/aromatic N) is 2. The van der Waals surface area contributed by atoms with Gasteiger partial charge in [-0.2, -0.15) is 0 Å². The number of nitrogens with one attached hydrogen (secondary N) is 1. The molecule has 1 aromatic rings. The maximum absolute atomic E-state index is 12.1. The predicted octanol–water partition coefficient (Wildman–Crippen LogP) is 1.51. The van der Waals surface area contributed by atoms with Gasteiger partial charge in [-0.1, -0.05) is 6.07 Å². The fourth-order valence-electron chi connectivity index (χ4n) is 2.33. The number of thioether (sulfide) groups is 1. The van der Waals surface area contributed by atoms with E-state index in [1.54, 1.807) is 18.7 Å². The van der Waals surface area contributed by atoms with Crippen molar-refractivity contribution in [2.24, 2.45) is 0 Å². The number of carbonyl (C=O) groups excluding carboxylic acids is 2. The van der Waals surface area contributed by atoms with Gasteiger partial charge in [-0.3, -0.25) is 14.5 Å². The highest BCUT2D eigenvalue weighted by atomic mass is 32.2. The van der Waals surface area contributed by atoms with Gasteiger partial charge >= 0.3 is 0 Å². The summed E-state index contributed by atoms with van der Waals surface area (Å²) in [6, 6.07) is 7.82. The van der Waals surface area contributed by atoms with Gasteiger partial charge in [-0.25, -0.2) is 0 Å². The maximum atomic E-state index is 12.1. The lowest BCUT2D eigenvalue weighted by Crippen LogP contribution is -2.49. The molecule has 0 bridgehead atoms. The second-order valence-corrected chi connectivity index (χ2v) is 5.94. The van der Waals surface area contributed by atoms with Crippen LogP contribution >= 0.6 is 11.8 Å². The molecule has 21 heavy (non-hydrogen) atoms. The highest BCUT2D eigenvalue weighted by molar-refractivity contribution is 7.98. The van der Waals surface area contributed by atoms with Gasteiger partial charge in [0, 0.05) is 43.7 Å². The molecule has 2 rings (SSSR count). The van der Waals surface area contributed by atoms with Crippen LogP contribution in [0.3, 0.4) is 0 Å². The average molecular weight is 307 g/mol. The zero-order chi connectivity index (χ0) is 15.2. The number of hydrogen-bond acceptors (Lipinski definition) is 4. The zero-order valence-corrected chi connectivity index (χ0v) is 13.3. The molecular weight excluding hydrogens is 286 g/mol. The highest BCUT2D eigenvalue weighted by Crippen LogP contribution is 2.18. The number of anilines is 1. The van der Waals surface area contributed by atoms with E-state index < -0.39 is 0 Å². The summed E-state index contributed by atoms with van der Waals surface area (Å²) in [6.45, 7) is 4.85. The zero-order valence-electron chi connectivity index (χ0n) is 12.5. The molecule has 1 fully saturated rings. The topological polar surface area (TPSA) is 52.7 Å². The van der Waals surface area contributed by atoms with E-state index in [9.17, 15) is 9.59 Å². The summed E-state index contributed by atoms with van der Waals surface area (Å²) >= 11 is 1.65. The number of benzene rings is 1. The molecule has 1 aromatic carbocycles. The van der Waals surface area contributed by atoms with Crippen molar-refractivity contribution < 1.29 is 9.59 Å². The van der Waals surface area contributed by atoms with Crippen molar-refractivity contribution in [1.29, 1.82) is 0 Å². The fraction of sp³-hybridized carbons (Fsp3) is 0.467. The summed E-state index contributed by atoms with van der Waals surface area (Å²) in [5, 5.41) is 2.92. The smallest absolute Gasteiger partial charge is 0.238 e. The van der Waals surface area contributed by atoms with E-state index in [-0.39, 0.29) is 11.8 Å². The maximum Gasteiger partial charge on any atom is 0.238 e.